The molecule has 1 amide bonds. The molecule has 2 atom stereocenters. The molecule has 2 fully saturated rings. The summed E-state index contributed by atoms with van der Waals surface area (Å²) in [4.78, 5) is 19.4. The summed E-state index contributed by atoms with van der Waals surface area (Å²) in [6.07, 6.45) is 4.96. The Morgan fingerprint density at radius 1 is 1.12 bits per heavy atom. The van der Waals surface area contributed by atoms with Crippen LogP contribution < -0.4 is 16.0 Å². The summed E-state index contributed by atoms with van der Waals surface area (Å²) < 4.78 is 15.0. The maximum absolute atomic E-state index is 13.5. The van der Waals surface area contributed by atoms with Gasteiger partial charge < -0.3 is 16.0 Å². The van der Waals surface area contributed by atoms with Crippen molar-refractivity contribution in [2.45, 2.75) is 18.8 Å². The number of nitrogens with zero attached hydrogens (tertiary/aromatic N) is 4. The van der Waals surface area contributed by atoms with Crippen LogP contribution in [-0.4, -0.2) is 33.8 Å². The molecule has 2 unspecified atom stereocenters. The Morgan fingerprint density at radius 2 is 1.76 bits per heavy atom. The van der Waals surface area contributed by atoms with Crippen molar-refractivity contribution in [2.24, 2.45) is 18.9 Å². The molecule has 0 radical (unpaired) electrons. The number of carbonyl (C=O) groups excluding carboxylic acids is 1. The van der Waals surface area contributed by atoms with Gasteiger partial charge >= 0.3 is 0 Å². The summed E-state index contributed by atoms with van der Waals surface area (Å²) in [6, 6.07) is 4.02. The number of halogens is 4. The Bertz CT molecular complexity index is 1250. The van der Waals surface area contributed by atoms with E-state index in [-0.39, 0.29) is 16.8 Å². The molecule has 1 aromatic carbocycles. The number of hydrogen-bond donors (Lipinski definition) is 2. The van der Waals surface area contributed by atoms with Crippen LogP contribution in [0.2, 0.25) is 15.1 Å². The average Bonchev–Trinajstić information content (AvgIpc) is 3.43. The highest BCUT2D eigenvalue weighted by molar-refractivity contribution is 6.38. The van der Waals surface area contributed by atoms with Crippen LogP contribution in [0.5, 0.6) is 0 Å². The summed E-state index contributed by atoms with van der Waals surface area (Å²) in [6.45, 7) is 1.64. The Kier molecular flexibility index (Phi) is 6.08. The van der Waals surface area contributed by atoms with Crippen molar-refractivity contribution in [3.63, 3.8) is 0 Å². The van der Waals surface area contributed by atoms with E-state index in [4.69, 9.17) is 40.5 Å². The van der Waals surface area contributed by atoms with Gasteiger partial charge in [0.1, 0.15) is 17.2 Å². The van der Waals surface area contributed by atoms with Gasteiger partial charge in [-0.15, -0.1) is 0 Å². The third-order valence-electron chi connectivity index (χ3n) is 6.81. The number of amides is 1. The number of rotatable bonds is 4. The first-order valence-corrected chi connectivity index (χ1v) is 12.0. The van der Waals surface area contributed by atoms with Gasteiger partial charge in [0.2, 0.25) is 0 Å². The van der Waals surface area contributed by atoms with Crippen molar-refractivity contribution in [1.82, 2.24) is 14.8 Å². The number of pyridine rings is 1. The second-order valence-corrected chi connectivity index (χ2v) is 10.1. The minimum atomic E-state index is -0.554. The number of hydrogen-bond acceptors (Lipinski definition) is 5. The predicted octanol–water partition coefficient (Wildman–Crippen LogP) is 5.38. The van der Waals surface area contributed by atoms with E-state index in [1.54, 1.807) is 19.4 Å². The van der Waals surface area contributed by atoms with Gasteiger partial charge in [0, 0.05) is 44.1 Å². The zero-order chi connectivity index (χ0) is 24.1. The summed E-state index contributed by atoms with van der Waals surface area (Å²) in [5, 5.41) is 8.38. The van der Waals surface area contributed by atoms with Crippen LogP contribution in [0.25, 0.3) is 0 Å². The number of nitrogens with two attached hydrogens (primary N) is 1. The van der Waals surface area contributed by atoms with Crippen molar-refractivity contribution in [3.8, 4) is 0 Å². The normalized spacial score (nSPS) is 21.7. The topological polar surface area (TPSA) is 89.1 Å². The van der Waals surface area contributed by atoms with Crippen LogP contribution >= 0.6 is 34.8 Å². The maximum Gasteiger partial charge on any atom is 0.261 e. The van der Waals surface area contributed by atoms with E-state index >= 15 is 0 Å². The minimum Gasteiger partial charge on any atom is -0.383 e. The van der Waals surface area contributed by atoms with E-state index in [0.717, 1.165) is 31.6 Å². The smallest absolute Gasteiger partial charge is 0.261 e. The number of aromatic nitrogens is 3. The first-order valence-electron chi connectivity index (χ1n) is 10.9. The molecule has 178 valence electrons. The fraction of sp³-hybridized carbons (Fsp3) is 0.348. The van der Waals surface area contributed by atoms with Gasteiger partial charge in [0.05, 0.1) is 26.4 Å². The van der Waals surface area contributed by atoms with E-state index < -0.39 is 11.7 Å². The highest BCUT2D eigenvalue weighted by Crippen LogP contribution is 2.49. The summed E-state index contributed by atoms with van der Waals surface area (Å²) >= 11 is 18.6. The lowest BCUT2D eigenvalue weighted by Crippen LogP contribution is -2.22. The van der Waals surface area contributed by atoms with Crippen molar-refractivity contribution in [2.75, 3.05) is 29.0 Å². The number of nitrogen functional groups attached to an aromatic ring is 1. The highest BCUT2D eigenvalue weighted by Gasteiger charge is 2.44. The second kappa shape index (κ2) is 8.91. The van der Waals surface area contributed by atoms with Crippen LogP contribution in [0.15, 0.2) is 30.6 Å². The summed E-state index contributed by atoms with van der Waals surface area (Å²) in [7, 11) is 1.72. The van der Waals surface area contributed by atoms with Gasteiger partial charge in [-0.2, -0.15) is 5.10 Å². The van der Waals surface area contributed by atoms with Crippen molar-refractivity contribution in [3.05, 3.63) is 62.7 Å². The number of fused-ring (bicyclic) bond motifs is 1. The van der Waals surface area contributed by atoms with Gasteiger partial charge in [-0.25, -0.2) is 4.39 Å². The molecule has 0 spiro atoms. The number of carbonyl (C=O) groups is 1. The van der Waals surface area contributed by atoms with Crippen LogP contribution in [0, 0.1) is 17.7 Å². The van der Waals surface area contributed by atoms with Gasteiger partial charge in [-0.1, -0.05) is 34.8 Å². The lowest BCUT2D eigenvalue weighted by molar-refractivity contribution is 0.102. The number of aryl methyl sites for hydroxylation is 1. The van der Waals surface area contributed by atoms with E-state index in [1.165, 1.54) is 22.9 Å². The molecule has 5 rings (SSSR count). The quantitative estimate of drug-likeness (QED) is 0.479. The molecule has 1 aliphatic heterocycles. The summed E-state index contributed by atoms with van der Waals surface area (Å²) in [5.41, 5.74) is 8.48. The fourth-order valence-electron chi connectivity index (χ4n) is 5.26. The third kappa shape index (κ3) is 4.08. The van der Waals surface area contributed by atoms with Gasteiger partial charge in [0.15, 0.2) is 0 Å². The van der Waals surface area contributed by atoms with Crippen LogP contribution in [0.3, 0.4) is 0 Å². The molecule has 1 saturated carbocycles. The molecule has 11 heteroatoms. The zero-order valence-corrected chi connectivity index (χ0v) is 20.5. The molecule has 3 heterocycles. The van der Waals surface area contributed by atoms with Crippen LogP contribution in [0.1, 0.15) is 34.8 Å². The number of anilines is 3. The Labute approximate surface area is 211 Å². The molecular weight excluding hydrogens is 502 g/mol. The standard InChI is InChI=1S/C23H22Cl3FN6O/c1-32-22(28)19(23(34)30-14-2-3-18(27)15(24)6-14)20(31-32)11-4-12-9-33(10-13(12)5-11)21-16(25)7-29-8-17(21)26/h2-3,6-8,11-13H,4-5,9-10,28H2,1H3,(H,30,34). The van der Waals surface area contributed by atoms with Gasteiger partial charge in [-0.05, 0) is 42.9 Å². The third-order valence-corrected chi connectivity index (χ3v) is 7.65. The summed E-state index contributed by atoms with van der Waals surface area (Å²) in [5.74, 6) is 0.275. The van der Waals surface area contributed by atoms with E-state index in [2.05, 4.69) is 20.3 Å². The lowest BCUT2D eigenvalue weighted by Gasteiger charge is -2.23. The Hall–Kier alpha value is -2.55. The number of benzene rings is 1. The molecule has 1 saturated heterocycles. The van der Waals surface area contributed by atoms with E-state index in [9.17, 15) is 9.18 Å². The molecule has 3 aromatic rings. The molecule has 2 aromatic heterocycles. The lowest BCUT2D eigenvalue weighted by atomic mass is 9.97. The first-order chi connectivity index (χ1) is 16.2. The molecule has 7 nitrogen and oxygen atoms in total. The molecule has 0 bridgehead atoms. The Balaban J connectivity index is 1.35. The van der Waals surface area contributed by atoms with E-state index in [1.807, 2.05) is 0 Å². The van der Waals surface area contributed by atoms with Crippen LogP contribution in [0.4, 0.5) is 21.6 Å². The number of nitrogens with one attached hydrogen (secondary N) is 1. The first kappa shape index (κ1) is 23.2. The molecule has 34 heavy (non-hydrogen) atoms. The fourth-order valence-corrected chi connectivity index (χ4v) is 6.04. The van der Waals surface area contributed by atoms with Crippen LogP contribution in [-0.2, 0) is 7.05 Å². The minimum absolute atomic E-state index is 0.0697. The predicted molar refractivity (Wildman–Crippen MR) is 132 cm³/mol. The van der Waals surface area contributed by atoms with Gasteiger partial charge in [0.25, 0.3) is 5.91 Å². The average molecular weight is 524 g/mol. The molecular formula is C23H22Cl3FN6O. The molecule has 1 aliphatic carbocycles. The highest BCUT2D eigenvalue weighted by atomic mass is 35.5. The zero-order valence-electron chi connectivity index (χ0n) is 18.2. The van der Waals surface area contributed by atoms with Crippen molar-refractivity contribution in [1.29, 1.82) is 0 Å². The maximum atomic E-state index is 13.5. The molecule has 3 N–H and O–H groups in total. The molecule has 2 aliphatic rings. The van der Waals surface area contributed by atoms with Crippen molar-refractivity contribution >= 4 is 57.9 Å². The Morgan fingerprint density at radius 3 is 2.38 bits per heavy atom. The monoisotopic (exact) mass is 522 g/mol. The second-order valence-electron chi connectivity index (χ2n) is 8.90. The largest absolute Gasteiger partial charge is 0.383 e. The van der Waals surface area contributed by atoms with Gasteiger partial charge in [-0.3, -0.25) is 14.5 Å². The van der Waals surface area contributed by atoms with E-state index in [0.29, 0.717) is 38.8 Å². The SMILES string of the molecule is Cn1nc(C2CC3CN(c4c(Cl)cncc4Cl)CC3C2)c(C(=O)Nc2ccc(F)c(Cl)c2)c1N. The van der Waals surface area contributed by atoms with Crippen molar-refractivity contribution < 1.29 is 9.18 Å².